The van der Waals surface area contributed by atoms with Gasteiger partial charge < -0.3 is 9.84 Å². The number of aliphatic hydroxyl groups excluding tert-OH is 1. The molecule has 0 aromatic rings. The maximum absolute atomic E-state index is 9.10. The monoisotopic (exact) mass is 202 g/mol. The van der Waals surface area contributed by atoms with Gasteiger partial charge in [-0.1, -0.05) is 32.6 Å². The lowest BCUT2D eigenvalue weighted by Gasteiger charge is -2.26. The summed E-state index contributed by atoms with van der Waals surface area (Å²) in [6.07, 6.45) is 5.82. The van der Waals surface area contributed by atoms with Crippen molar-refractivity contribution in [3.63, 3.8) is 0 Å². The van der Waals surface area contributed by atoms with Crippen LogP contribution in [0.1, 0.15) is 59.8 Å². The average Bonchev–Trinajstić information content (AvgIpc) is 2.10. The van der Waals surface area contributed by atoms with E-state index in [-0.39, 0.29) is 11.7 Å². The number of ether oxygens (including phenoxy) is 1. The first-order valence-electron chi connectivity index (χ1n) is 5.80. The van der Waals surface area contributed by atoms with Crippen molar-refractivity contribution in [2.45, 2.75) is 71.5 Å². The average molecular weight is 202 g/mol. The van der Waals surface area contributed by atoms with E-state index in [4.69, 9.17) is 9.84 Å². The quantitative estimate of drug-likeness (QED) is 0.613. The summed E-state index contributed by atoms with van der Waals surface area (Å²) in [5, 5.41) is 9.10. The molecule has 0 bridgehead atoms. The zero-order valence-corrected chi connectivity index (χ0v) is 10.2. The van der Waals surface area contributed by atoms with Crippen LogP contribution in [0, 0.1) is 0 Å². The van der Waals surface area contributed by atoms with E-state index in [1.54, 1.807) is 6.92 Å². The first-order valence-corrected chi connectivity index (χ1v) is 5.80. The highest BCUT2D eigenvalue weighted by atomic mass is 16.5. The van der Waals surface area contributed by atoms with Crippen LogP contribution in [0.3, 0.4) is 0 Å². The fourth-order valence-corrected chi connectivity index (χ4v) is 1.40. The van der Waals surface area contributed by atoms with Gasteiger partial charge in [0.2, 0.25) is 0 Å². The molecule has 0 fully saturated rings. The number of rotatable bonds is 8. The molecule has 86 valence electrons. The lowest BCUT2D eigenvalue weighted by atomic mass is 10.00. The standard InChI is InChI=1S/C12H26O2/c1-5-6-7-8-9-12(3,4)14-10-11(2)13/h11,13H,5-10H2,1-4H3. The molecule has 1 unspecified atom stereocenters. The van der Waals surface area contributed by atoms with Crippen LogP contribution in [0.15, 0.2) is 0 Å². The molecule has 1 N–H and O–H groups in total. The third kappa shape index (κ3) is 8.52. The first-order chi connectivity index (χ1) is 6.48. The smallest absolute Gasteiger partial charge is 0.0745 e. The van der Waals surface area contributed by atoms with Crippen molar-refractivity contribution in [3.8, 4) is 0 Å². The molecule has 1 atom stereocenters. The molecule has 0 heterocycles. The SMILES string of the molecule is CCCCCCC(C)(C)OCC(C)O. The molecule has 0 spiro atoms. The minimum atomic E-state index is -0.357. The van der Waals surface area contributed by atoms with E-state index in [0.29, 0.717) is 6.61 Å². The van der Waals surface area contributed by atoms with Crippen LogP contribution in [-0.2, 0) is 4.74 Å². The van der Waals surface area contributed by atoms with Crippen LogP contribution in [0.5, 0.6) is 0 Å². The van der Waals surface area contributed by atoms with Gasteiger partial charge in [-0.2, -0.15) is 0 Å². The summed E-state index contributed by atoms with van der Waals surface area (Å²) in [5.41, 5.74) is -0.0786. The predicted octanol–water partition coefficient (Wildman–Crippen LogP) is 3.13. The summed E-state index contributed by atoms with van der Waals surface area (Å²) in [6, 6.07) is 0. The van der Waals surface area contributed by atoms with Gasteiger partial charge in [-0.05, 0) is 27.2 Å². The molecule has 14 heavy (non-hydrogen) atoms. The van der Waals surface area contributed by atoms with Crippen LogP contribution in [0.2, 0.25) is 0 Å². The molecule has 0 aliphatic rings. The molecule has 0 saturated heterocycles. The molecule has 0 aromatic carbocycles. The van der Waals surface area contributed by atoms with Gasteiger partial charge in [0.05, 0.1) is 18.3 Å². The van der Waals surface area contributed by atoms with Gasteiger partial charge in [0.25, 0.3) is 0 Å². The Hall–Kier alpha value is -0.0800. The van der Waals surface area contributed by atoms with Gasteiger partial charge >= 0.3 is 0 Å². The Labute approximate surface area is 88.7 Å². The Kier molecular flexibility index (Phi) is 7.20. The molecule has 2 nitrogen and oxygen atoms in total. The third-order valence-electron chi connectivity index (χ3n) is 2.35. The van der Waals surface area contributed by atoms with Crippen LogP contribution < -0.4 is 0 Å². The fourth-order valence-electron chi connectivity index (χ4n) is 1.40. The fraction of sp³-hybridized carbons (Fsp3) is 1.00. The van der Waals surface area contributed by atoms with Gasteiger partial charge in [-0.25, -0.2) is 0 Å². The van der Waals surface area contributed by atoms with Crippen molar-refractivity contribution in [2.75, 3.05) is 6.61 Å². The molecule has 0 amide bonds. The molecule has 2 heteroatoms. The summed E-state index contributed by atoms with van der Waals surface area (Å²) < 4.78 is 5.62. The summed E-state index contributed by atoms with van der Waals surface area (Å²) in [4.78, 5) is 0. The molecular formula is C12H26O2. The largest absolute Gasteiger partial charge is 0.391 e. The number of hydrogen-bond acceptors (Lipinski definition) is 2. The van der Waals surface area contributed by atoms with Gasteiger partial charge in [0.15, 0.2) is 0 Å². The van der Waals surface area contributed by atoms with Crippen LogP contribution in [0.25, 0.3) is 0 Å². The number of unbranched alkanes of at least 4 members (excludes halogenated alkanes) is 3. The second-order valence-electron chi connectivity index (χ2n) is 4.73. The second kappa shape index (κ2) is 7.24. The van der Waals surface area contributed by atoms with Gasteiger partial charge in [0.1, 0.15) is 0 Å². The van der Waals surface area contributed by atoms with Gasteiger partial charge in [-0.15, -0.1) is 0 Å². The minimum Gasteiger partial charge on any atom is -0.391 e. The first kappa shape index (κ1) is 13.9. The normalized spacial score (nSPS) is 14.4. The maximum Gasteiger partial charge on any atom is 0.0745 e. The number of hydrogen-bond donors (Lipinski definition) is 1. The molecule has 0 radical (unpaired) electrons. The van der Waals surface area contributed by atoms with Gasteiger partial charge in [0, 0.05) is 0 Å². The Morgan fingerprint density at radius 3 is 2.36 bits per heavy atom. The maximum atomic E-state index is 9.10. The van der Waals surface area contributed by atoms with E-state index in [2.05, 4.69) is 20.8 Å². The minimum absolute atomic E-state index is 0.0786. The Bertz CT molecular complexity index is 130. The van der Waals surface area contributed by atoms with E-state index in [1.807, 2.05) is 0 Å². The summed E-state index contributed by atoms with van der Waals surface area (Å²) in [6.45, 7) is 8.62. The lowest BCUT2D eigenvalue weighted by molar-refractivity contribution is -0.0600. The molecule has 0 aliphatic heterocycles. The van der Waals surface area contributed by atoms with Crippen molar-refractivity contribution >= 4 is 0 Å². The molecule has 0 aromatic heterocycles. The van der Waals surface area contributed by atoms with Crippen LogP contribution in [0.4, 0.5) is 0 Å². The topological polar surface area (TPSA) is 29.5 Å². The van der Waals surface area contributed by atoms with Crippen molar-refractivity contribution < 1.29 is 9.84 Å². The highest BCUT2D eigenvalue weighted by Crippen LogP contribution is 2.19. The molecule has 0 rings (SSSR count). The van der Waals surface area contributed by atoms with E-state index in [9.17, 15) is 0 Å². The molecule has 0 saturated carbocycles. The Morgan fingerprint density at radius 1 is 1.21 bits per heavy atom. The second-order valence-corrected chi connectivity index (χ2v) is 4.73. The van der Waals surface area contributed by atoms with Crippen molar-refractivity contribution in [1.82, 2.24) is 0 Å². The zero-order chi connectivity index (χ0) is 11.0. The highest BCUT2D eigenvalue weighted by Gasteiger charge is 2.18. The van der Waals surface area contributed by atoms with E-state index in [0.717, 1.165) is 6.42 Å². The molecular weight excluding hydrogens is 176 g/mol. The summed E-state index contributed by atoms with van der Waals surface area (Å²) in [5.74, 6) is 0. The summed E-state index contributed by atoms with van der Waals surface area (Å²) in [7, 11) is 0. The Morgan fingerprint density at radius 2 is 1.86 bits per heavy atom. The Balaban J connectivity index is 3.50. The highest BCUT2D eigenvalue weighted by molar-refractivity contribution is 4.68. The number of aliphatic hydroxyl groups is 1. The van der Waals surface area contributed by atoms with Crippen LogP contribution >= 0.6 is 0 Å². The van der Waals surface area contributed by atoms with Crippen LogP contribution in [-0.4, -0.2) is 23.4 Å². The molecule has 0 aliphatic carbocycles. The predicted molar refractivity (Wildman–Crippen MR) is 60.5 cm³/mol. The zero-order valence-electron chi connectivity index (χ0n) is 10.2. The summed E-state index contributed by atoms with van der Waals surface area (Å²) >= 11 is 0. The lowest BCUT2D eigenvalue weighted by Crippen LogP contribution is -2.28. The van der Waals surface area contributed by atoms with E-state index >= 15 is 0 Å². The third-order valence-corrected chi connectivity index (χ3v) is 2.35. The van der Waals surface area contributed by atoms with Crippen molar-refractivity contribution in [3.05, 3.63) is 0 Å². The van der Waals surface area contributed by atoms with E-state index in [1.165, 1.54) is 25.7 Å². The van der Waals surface area contributed by atoms with Crippen molar-refractivity contribution in [1.29, 1.82) is 0 Å². The van der Waals surface area contributed by atoms with E-state index < -0.39 is 0 Å². The van der Waals surface area contributed by atoms with Crippen molar-refractivity contribution in [2.24, 2.45) is 0 Å². The van der Waals surface area contributed by atoms with Gasteiger partial charge in [-0.3, -0.25) is 0 Å².